The molecule has 0 spiro atoms. The van der Waals surface area contributed by atoms with Crippen molar-refractivity contribution in [1.29, 1.82) is 0 Å². The Hall–Kier alpha value is -3.06. The largest absolute Gasteiger partial charge is 0.489 e. The highest BCUT2D eigenvalue weighted by molar-refractivity contribution is 9.10. The fourth-order valence-electron chi connectivity index (χ4n) is 3.30. The Morgan fingerprint density at radius 2 is 1.75 bits per heavy atom. The normalized spacial score (nSPS) is 11.1. The summed E-state index contributed by atoms with van der Waals surface area (Å²) in [5, 5.41) is 4.50. The SMILES string of the molecule is COC(=O)CNC(=O)OC(C)(C)Cc1cc2cc(Br)ccc2cc1OCc1ccccc1. The van der Waals surface area contributed by atoms with Crippen LogP contribution in [0.25, 0.3) is 10.8 Å². The molecule has 7 heteroatoms. The fourth-order valence-corrected chi connectivity index (χ4v) is 3.68. The van der Waals surface area contributed by atoms with E-state index in [0.717, 1.165) is 32.1 Å². The zero-order valence-electron chi connectivity index (χ0n) is 18.3. The number of hydrogen-bond acceptors (Lipinski definition) is 5. The van der Waals surface area contributed by atoms with Crippen molar-refractivity contribution in [1.82, 2.24) is 5.32 Å². The van der Waals surface area contributed by atoms with Crippen LogP contribution < -0.4 is 10.1 Å². The van der Waals surface area contributed by atoms with Crippen molar-refractivity contribution >= 4 is 38.8 Å². The van der Waals surface area contributed by atoms with Crippen LogP contribution in [0.15, 0.2) is 65.1 Å². The lowest BCUT2D eigenvalue weighted by Crippen LogP contribution is -2.38. The summed E-state index contributed by atoms with van der Waals surface area (Å²) in [6, 6.07) is 20.0. The molecular weight excluding hydrogens is 474 g/mol. The summed E-state index contributed by atoms with van der Waals surface area (Å²) in [5.74, 6) is 0.187. The van der Waals surface area contributed by atoms with Crippen LogP contribution in [-0.2, 0) is 27.3 Å². The first kappa shape index (κ1) is 23.6. The number of hydrogen-bond donors (Lipinski definition) is 1. The minimum Gasteiger partial charge on any atom is -0.489 e. The van der Waals surface area contributed by atoms with Gasteiger partial charge in [0.25, 0.3) is 0 Å². The van der Waals surface area contributed by atoms with Crippen LogP contribution >= 0.6 is 15.9 Å². The summed E-state index contributed by atoms with van der Waals surface area (Å²) in [7, 11) is 1.26. The maximum absolute atomic E-state index is 12.1. The molecule has 3 aromatic carbocycles. The van der Waals surface area contributed by atoms with Crippen molar-refractivity contribution in [2.75, 3.05) is 13.7 Å². The summed E-state index contributed by atoms with van der Waals surface area (Å²) < 4.78 is 17.2. The Labute approximate surface area is 196 Å². The minimum atomic E-state index is -0.843. The molecule has 0 aliphatic heterocycles. The van der Waals surface area contributed by atoms with Gasteiger partial charge in [-0.1, -0.05) is 52.3 Å². The smallest absolute Gasteiger partial charge is 0.408 e. The van der Waals surface area contributed by atoms with Crippen molar-refractivity contribution in [3.8, 4) is 5.75 Å². The number of benzene rings is 3. The number of esters is 1. The molecular formula is C25H26BrNO5. The predicted octanol–water partition coefficient (Wildman–Crippen LogP) is 5.40. The summed E-state index contributed by atoms with van der Waals surface area (Å²) in [5.41, 5.74) is 1.13. The molecule has 0 saturated carbocycles. The van der Waals surface area contributed by atoms with Crippen LogP contribution in [-0.4, -0.2) is 31.3 Å². The molecule has 0 heterocycles. The highest BCUT2D eigenvalue weighted by Gasteiger charge is 2.26. The number of halogens is 1. The van der Waals surface area contributed by atoms with E-state index in [1.165, 1.54) is 7.11 Å². The van der Waals surface area contributed by atoms with E-state index in [4.69, 9.17) is 9.47 Å². The lowest BCUT2D eigenvalue weighted by atomic mass is 9.95. The standard InChI is InChI=1S/C25H26BrNO5/c1-25(2,32-24(29)27-15-23(28)30-3)14-20-11-19-12-21(26)10-9-18(19)13-22(20)31-16-17-7-5-4-6-8-17/h4-13H,14-16H2,1-3H3,(H,27,29). The number of methoxy groups -OCH3 is 1. The number of fused-ring (bicyclic) bond motifs is 1. The van der Waals surface area contributed by atoms with E-state index in [2.05, 4.69) is 32.0 Å². The van der Waals surface area contributed by atoms with Gasteiger partial charge in [-0.15, -0.1) is 0 Å². The van der Waals surface area contributed by atoms with E-state index in [-0.39, 0.29) is 6.54 Å². The molecule has 32 heavy (non-hydrogen) atoms. The topological polar surface area (TPSA) is 73.9 Å². The first-order valence-electron chi connectivity index (χ1n) is 10.2. The van der Waals surface area contributed by atoms with Crippen molar-refractivity contribution in [3.05, 3.63) is 76.3 Å². The summed E-state index contributed by atoms with van der Waals surface area (Å²) in [6.07, 6.45) is -0.263. The van der Waals surface area contributed by atoms with E-state index in [9.17, 15) is 9.59 Å². The van der Waals surface area contributed by atoms with Crippen LogP contribution in [0.2, 0.25) is 0 Å². The van der Waals surface area contributed by atoms with Crippen LogP contribution in [0.4, 0.5) is 4.79 Å². The van der Waals surface area contributed by atoms with Gasteiger partial charge in [-0.2, -0.15) is 0 Å². The van der Waals surface area contributed by atoms with Crippen LogP contribution in [0, 0.1) is 0 Å². The second-order valence-electron chi connectivity index (χ2n) is 7.98. The number of alkyl carbamates (subject to hydrolysis) is 1. The lowest BCUT2D eigenvalue weighted by molar-refractivity contribution is -0.139. The molecule has 6 nitrogen and oxygen atoms in total. The van der Waals surface area contributed by atoms with Gasteiger partial charge in [0.05, 0.1) is 7.11 Å². The molecule has 0 bridgehead atoms. The third-order valence-electron chi connectivity index (χ3n) is 4.81. The second-order valence-corrected chi connectivity index (χ2v) is 8.90. The average Bonchev–Trinajstić information content (AvgIpc) is 2.76. The number of carbonyl (C=O) groups is 2. The third-order valence-corrected chi connectivity index (χ3v) is 5.30. The van der Waals surface area contributed by atoms with Gasteiger partial charge < -0.3 is 19.5 Å². The zero-order chi connectivity index (χ0) is 23.1. The van der Waals surface area contributed by atoms with Gasteiger partial charge in [0.1, 0.15) is 24.5 Å². The maximum atomic E-state index is 12.1. The molecule has 0 aromatic heterocycles. The predicted molar refractivity (Wildman–Crippen MR) is 127 cm³/mol. The van der Waals surface area contributed by atoms with Gasteiger partial charge in [0.2, 0.25) is 0 Å². The molecule has 1 N–H and O–H groups in total. The molecule has 0 radical (unpaired) electrons. The van der Waals surface area contributed by atoms with Crippen LogP contribution in [0.5, 0.6) is 5.75 Å². The monoisotopic (exact) mass is 499 g/mol. The van der Waals surface area contributed by atoms with E-state index < -0.39 is 17.7 Å². The van der Waals surface area contributed by atoms with E-state index in [1.54, 1.807) is 0 Å². The van der Waals surface area contributed by atoms with Crippen molar-refractivity contribution in [2.24, 2.45) is 0 Å². The van der Waals surface area contributed by atoms with Gasteiger partial charge in [-0.05, 0) is 60.0 Å². The Morgan fingerprint density at radius 1 is 1.00 bits per heavy atom. The first-order valence-corrected chi connectivity index (χ1v) is 11.0. The number of ether oxygens (including phenoxy) is 3. The zero-order valence-corrected chi connectivity index (χ0v) is 19.9. The Bertz CT molecular complexity index is 1100. The maximum Gasteiger partial charge on any atom is 0.408 e. The van der Waals surface area contributed by atoms with Gasteiger partial charge in [-0.3, -0.25) is 4.79 Å². The molecule has 0 aliphatic rings. The summed E-state index contributed by atoms with van der Waals surface area (Å²) in [6.45, 7) is 3.81. The van der Waals surface area contributed by atoms with E-state index in [0.29, 0.717) is 13.0 Å². The Balaban J connectivity index is 1.82. The first-order chi connectivity index (χ1) is 15.3. The lowest BCUT2D eigenvalue weighted by Gasteiger charge is -2.26. The van der Waals surface area contributed by atoms with Crippen molar-refractivity contribution in [3.63, 3.8) is 0 Å². The molecule has 0 saturated heterocycles. The van der Waals surface area contributed by atoms with E-state index >= 15 is 0 Å². The molecule has 3 aromatic rings. The second kappa shape index (κ2) is 10.5. The fraction of sp³-hybridized carbons (Fsp3) is 0.280. The molecule has 168 valence electrons. The molecule has 0 fully saturated rings. The average molecular weight is 500 g/mol. The number of amides is 1. The molecule has 0 aliphatic carbocycles. The van der Waals surface area contributed by atoms with Crippen LogP contribution in [0.3, 0.4) is 0 Å². The summed E-state index contributed by atoms with van der Waals surface area (Å²) in [4.78, 5) is 23.4. The Morgan fingerprint density at radius 3 is 2.47 bits per heavy atom. The summed E-state index contributed by atoms with van der Waals surface area (Å²) >= 11 is 3.52. The number of rotatable bonds is 8. The molecule has 1 amide bonds. The third kappa shape index (κ3) is 6.72. The molecule has 3 rings (SSSR count). The van der Waals surface area contributed by atoms with Gasteiger partial charge in [0.15, 0.2) is 0 Å². The van der Waals surface area contributed by atoms with Gasteiger partial charge in [0, 0.05) is 10.9 Å². The Kier molecular flexibility index (Phi) is 7.75. The van der Waals surface area contributed by atoms with E-state index in [1.807, 2.05) is 68.4 Å². The quantitative estimate of drug-likeness (QED) is 0.420. The number of carbonyl (C=O) groups excluding carboxylic acids is 2. The van der Waals surface area contributed by atoms with Crippen molar-refractivity contribution in [2.45, 2.75) is 32.5 Å². The highest BCUT2D eigenvalue weighted by Crippen LogP contribution is 2.32. The van der Waals surface area contributed by atoms with Gasteiger partial charge in [-0.25, -0.2) is 4.79 Å². The molecule has 0 unspecified atom stereocenters. The highest BCUT2D eigenvalue weighted by atomic mass is 79.9. The molecule has 0 atom stereocenters. The van der Waals surface area contributed by atoms with Crippen LogP contribution in [0.1, 0.15) is 25.0 Å². The minimum absolute atomic E-state index is 0.249. The van der Waals surface area contributed by atoms with Gasteiger partial charge >= 0.3 is 12.1 Å². The van der Waals surface area contributed by atoms with Crippen molar-refractivity contribution < 1.29 is 23.8 Å². The number of nitrogens with one attached hydrogen (secondary N) is 1.